The Kier molecular flexibility index (Phi) is 7.90. The highest BCUT2D eigenvalue weighted by atomic mass is 19.1. The van der Waals surface area contributed by atoms with Crippen molar-refractivity contribution >= 4 is 11.9 Å². The van der Waals surface area contributed by atoms with Crippen molar-refractivity contribution in [3.8, 4) is 6.07 Å². The van der Waals surface area contributed by atoms with Crippen molar-refractivity contribution in [1.82, 2.24) is 0 Å². The van der Waals surface area contributed by atoms with Crippen molar-refractivity contribution in [2.24, 2.45) is 0 Å². The summed E-state index contributed by atoms with van der Waals surface area (Å²) in [7, 11) is 0. The number of nitrogens with zero attached hydrogens (tertiary/aromatic N) is 1. The average molecular weight is 335 g/mol. The summed E-state index contributed by atoms with van der Waals surface area (Å²) in [5.74, 6) is -1.62. The second-order valence-electron chi connectivity index (χ2n) is 5.50. The van der Waals surface area contributed by atoms with Gasteiger partial charge in [0.1, 0.15) is 11.2 Å². The third-order valence-electron chi connectivity index (χ3n) is 3.44. The van der Waals surface area contributed by atoms with Crippen LogP contribution in [0, 0.1) is 17.1 Å². The van der Waals surface area contributed by atoms with Crippen LogP contribution in [0.1, 0.15) is 45.1 Å². The fraction of sp³-hybridized carbons (Fsp3) is 0.500. The van der Waals surface area contributed by atoms with Crippen molar-refractivity contribution in [2.45, 2.75) is 44.9 Å². The van der Waals surface area contributed by atoms with E-state index >= 15 is 0 Å². The van der Waals surface area contributed by atoms with Gasteiger partial charge in [-0.05, 0) is 30.5 Å². The second-order valence-corrected chi connectivity index (χ2v) is 5.50. The van der Waals surface area contributed by atoms with Gasteiger partial charge in [0.05, 0.1) is 32.1 Å². The van der Waals surface area contributed by atoms with Gasteiger partial charge in [0.2, 0.25) is 0 Å². The summed E-state index contributed by atoms with van der Waals surface area (Å²) in [6.07, 6.45) is 0.716. The molecule has 0 saturated heterocycles. The Morgan fingerprint density at radius 1 is 1.04 bits per heavy atom. The van der Waals surface area contributed by atoms with Gasteiger partial charge in [0.25, 0.3) is 0 Å². The number of carbonyl (C=O) groups excluding carboxylic acids is 2. The average Bonchev–Trinajstić information content (AvgIpc) is 2.58. The lowest BCUT2D eigenvalue weighted by atomic mass is 9.76. The summed E-state index contributed by atoms with van der Waals surface area (Å²) in [6.45, 7) is 4.19. The summed E-state index contributed by atoms with van der Waals surface area (Å²) in [5.41, 5.74) is -1.06. The molecule has 0 aliphatic heterocycles. The molecule has 0 radical (unpaired) electrons. The van der Waals surface area contributed by atoms with E-state index in [0.29, 0.717) is 18.4 Å². The molecule has 130 valence electrons. The van der Waals surface area contributed by atoms with Crippen LogP contribution in [0.4, 0.5) is 4.39 Å². The highest BCUT2D eigenvalue weighted by Crippen LogP contribution is 2.32. The van der Waals surface area contributed by atoms with Crippen LogP contribution in [0.5, 0.6) is 0 Å². The van der Waals surface area contributed by atoms with Gasteiger partial charge in [-0.15, -0.1) is 0 Å². The first kappa shape index (κ1) is 19.6. The molecule has 0 aliphatic rings. The van der Waals surface area contributed by atoms with Gasteiger partial charge >= 0.3 is 11.9 Å². The highest BCUT2D eigenvalue weighted by molar-refractivity contribution is 5.77. The second kappa shape index (κ2) is 9.66. The summed E-state index contributed by atoms with van der Waals surface area (Å²) in [6, 6.07) is 7.23. The van der Waals surface area contributed by atoms with Crippen LogP contribution in [0.3, 0.4) is 0 Å². The van der Waals surface area contributed by atoms with Gasteiger partial charge in [-0.3, -0.25) is 9.59 Å². The zero-order valence-corrected chi connectivity index (χ0v) is 14.0. The summed E-state index contributed by atoms with van der Waals surface area (Å²) in [4.78, 5) is 24.0. The lowest BCUT2D eigenvalue weighted by Crippen LogP contribution is -2.32. The van der Waals surface area contributed by atoms with Crippen LogP contribution in [0.2, 0.25) is 0 Å². The quantitative estimate of drug-likeness (QED) is 0.647. The molecule has 1 rings (SSSR count). The summed E-state index contributed by atoms with van der Waals surface area (Å²) in [5, 5.41) is 9.69. The number of hydrogen-bond donors (Lipinski definition) is 0. The van der Waals surface area contributed by atoms with E-state index in [-0.39, 0.29) is 26.1 Å². The maximum absolute atomic E-state index is 13.2. The Balaban J connectivity index is 3.07. The standard InChI is InChI=1S/C18H22FNO4/c1-3-9-23-16(21)11-18(13-20,12-17(22)24-10-4-2)14-5-7-15(19)8-6-14/h5-8H,3-4,9-12H2,1-2H3. The molecule has 1 aromatic carbocycles. The molecule has 0 bridgehead atoms. The molecule has 0 atom stereocenters. The number of ether oxygens (including phenoxy) is 2. The zero-order chi connectivity index (χ0) is 18.0. The zero-order valence-electron chi connectivity index (χ0n) is 14.0. The van der Waals surface area contributed by atoms with Crippen LogP contribution in [-0.4, -0.2) is 25.2 Å². The molecule has 0 N–H and O–H groups in total. The topological polar surface area (TPSA) is 76.4 Å². The van der Waals surface area contributed by atoms with E-state index in [4.69, 9.17) is 9.47 Å². The molecular formula is C18H22FNO4. The van der Waals surface area contributed by atoms with Crippen molar-refractivity contribution in [3.05, 3.63) is 35.6 Å². The van der Waals surface area contributed by atoms with Gasteiger partial charge in [-0.25, -0.2) is 4.39 Å². The van der Waals surface area contributed by atoms with E-state index in [1.807, 2.05) is 19.9 Å². The molecule has 0 aromatic heterocycles. The third-order valence-corrected chi connectivity index (χ3v) is 3.44. The molecule has 24 heavy (non-hydrogen) atoms. The Morgan fingerprint density at radius 2 is 1.50 bits per heavy atom. The van der Waals surface area contributed by atoms with Gasteiger partial charge in [0.15, 0.2) is 0 Å². The number of benzene rings is 1. The van der Waals surface area contributed by atoms with Crippen LogP contribution >= 0.6 is 0 Å². The third kappa shape index (κ3) is 5.65. The van der Waals surface area contributed by atoms with Crippen LogP contribution < -0.4 is 0 Å². The molecule has 0 aliphatic carbocycles. The fourth-order valence-corrected chi connectivity index (χ4v) is 2.21. The van der Waals surface area contributed by atoms with Gasteiger partial charge in [-0.1, -0.05) is 26.0 Å². The van der Waals surface area contributed by atoms with Crippen LogP contribution in [0.25, 0.3) is 0 Å². The lowest BCUT2D eigenvalue weighted by molar-refractivity contribution is -0.147. The number of carbonyl (C=O) groups is 2. The minimum Gasteiger partial charge on any atom is -0.466 e. The predicted molar refractivity (Wildman–Crippen MR) is 85.4 cm³/mol. The number of rotatable bonds is 9. The number of halogens is 1. The number of hydrogen-bond acceptors (Lipinski definition) is 5. The van der Waals surface area contributed by atoms with Crippen LogP contribution in [-0.2, 0) is 24.5 Å². The molecule has 0 amide bonds. The molecule has 0 saturated carbocycles. The van der Waals surface area contributed by atoms with E-state index < -0.39 is 23.2 Å². The normalized spacial score (nSPS) is 10.8. The molecule has 0 fully saturated rings. The SMILES string of the molecule is CCCOC(=O)CC(C#N)(CC(=O)OCCC)c1ccc(F)cc1. The predicted octanol–water partition coefficient (Wildman–Crippen LogP) is 3.27. The molecule has 5 nitrogen and oxygen atoms in total. The molecule has 0 heterocycles. The van der Waals surface area contributed by atoms with Crippen LogP contribution in [0.15, 0.2) is 24.3 Å². The minimum atomic E-state index is -1.44. The first-order valence-corrected chi connectivity index (χ1v) is 7.96. The number of nitriles is 1. The number of esters is 2. The van der Waals surface area contributed by atoms with E-state index in [2.05, 4.69) is 0 Å². The van der Waals surface area contributed by atoms with Crippen molar-refractivity contribution in [3.63, 3.8) is 0 Å². The van der Waals surface area contributed by atoms with Gasteiger partial charge < -0.3 is 9.47 Å². The first-order valence-electron chi connectivity index (χ1n) is 7.96. The van der Waals surface area contributed by atoms with E-state index in [9.17, 15) is 19.2 Å². The van der Waals surface area contributed by atoms with E-state index in [0.717, 1.165) is 0 Å². The molecule has 0 unspecified atom stereocenters. The van der Waals surface area contributed by atoms with Crippen molar-refractivity contribution < 1.29 is 23.5 Å². The van der Waals surface area contributed by atoms with Crippen molar-refractivity contribution in [1.29, 1.82) is 5.26 Å². The van der Waals surface area contributed by atoms with Crippen molar-refractivity contribution in [2.75, 3.05) is 13.2 Å². The lowest BCUT2D eigenvalue weighted by Gasteiger charge is -2.25. The monoisotopic (exact) mass is 335 g/mol. The molecule has 1 aromatic rings. The van der Waals surface area contributed by atoms with Gasteiger partial charge in [-0.2, -0.15) is 5.26 Å². The molecule has 6 heteroatoms. The maximum atomic E-state index is 13.2. The minimum absolute atomic E-state index is 0.240. The Bertz CT molecular complexity index is 570. The Morgan fingerprint density at radius 3 is 1.88 bits per heavy atom. The smallest absolute Gasteiger partial charge is 0.307 e. The largest absolute Gasteiger partial charge is 0.466 e. The first-order chi connectivity index (χ1) is 11.5. The van der Waals surface area contributed by atoms with E-state index in [1.54, 1.807) is 0 Å². The summed E-state index contributed by atoms with van der Waals surface area (Å²) < 4.78 is 23.3. The molecule has 0 spiro atoms. The summed E-state index contributed by atoms with van der Waals surface area (Å²) >= 11 is 0. The maximum Gasteiger partial charge on any atom is 0.307 e. The Labute approximate surface area is 141 Å². The Hall–Kier alpha value is -2.42. The highest BCUT2D eigenvalue weighted by Gasteiger charge is 2.39. The van der Waals surface area contributed by atoms with Gasteiger partial charge in [0, 0.05) is 0 Å². The van der Waals surface area contributed by atoms with E-state index in [1.165, 1.54) is 24.3 Å². The fourth-order valence-electron chi connectivity index (χ4n) is 2.21. The molecular weight excluding hydrogens is 313 g/mol.